The van der Waals surface area contributed by atoms with E-state index in [-0.39, 0.29) is 5.91 Å². The van der Waals surface area contributed by atoms with E-state index in [9.17, 15) is 4.79 Å². The van der Waals surface area contributed by atoms with E-state index in [2.05, 4.69) is 15.5 Å². The summed E-state index contributed by atoms with van der Waals surface area (Å²) in [6.45, 7) is 4.07. The van der Waals surface area contributed by atoms with Crippen molar-refractivity contribution in [2.45, 2.75) is 20.4 Å². The molecule has 0 unspecified atom stereocenters. The molecule has 0 spiro atoms. The molecule has 0 aliphatic rings. The maximum atomic E-state index is 11.7. The summed E-state index contributed by atoms with van der Waals surface area (Å²) in [5.74, 6) is 0.523. The SMILES string of the molecule is Cc1noc(C)c1CNC(=O)c1ccccn1. The zero-order valence-electron chi connectivity index (χ0n) is 9.73. The molecule has 0 fully saturated rings. The van der Waals surface area contributed by atoms with Gasteiger partial charge in [0, 0.05) is 18.3 Å². The largest absolute Gasteiger partial charge is 0.361 e. The molecule has 0 radical (unpaired) electrons. The fourth-order valence-electron chi connectivity index (χ4n) is 1.51. The second-order valence-electron chi connectivity index (χ2n) is 3.70. The number of hydrogen-bond donors (Lipinski definition) is 1. The standard InChI is InChI=1S/C12H13N3O2/c1-8-10(9(2)17-15-8)7-14-12(16)11-5-3-4-6-13-11/h3-6H,7H2,1-2H3,(H,14,16). The van der Waals surface area contributed by atoms with Gasteiger partial charge in [0.1, 0.15) is 11.5 Å². The normalized spacial score (nSPS) is 10.2. The molecule has 0 bridgehead atoms. The fraction of sp³-hybridized carbons (Fsp3) is 0.250. The number of aromatic nitrogens is 2. The monoisotopic (exact) mass is 231 g/mol. The molecule has 1 N–H and O–H groups in total. The van der Waals surface area contributed by atoms with Crippen LogP contribution < -0.4 is 5.32 Å². The number of carbonyl (C=O) groups excluding carboxylic acids is 1. The predicted molar refractivity (Wildman–Crippen MR) is 61.4 cm³/mol. The van der Waals surface area contributed by atoms with Crippen LogP contribution in [0.5, 0.6) is 0 Å². The van der Waals surface area contributed by atoms with Gasteiger partial charge in [-0.1, -0.05) is 11.2 Å². The van der Waals surface area contributed by atoms with Crippen molar-refractivity contribution in [3.05, 3.63) is 47.1 Å². The van der Waals surface area contributed by atoms with Crippen LogP contribution in [-0.2, 0) is 6.54 Å². The van der Waals surface area contributed by atoms with Gasteiger partial charge in [-0.2, -0.15) is 0 Å². The molecule has 0 atom stereocenters. The highest BCUT2D eigenvalue weighted by molar-refractivity contribution is 5.92. The van der Waals surface area contributed by atoms with Gasteiger partial charge in [-0.25, -0.2) is 0 Å². The molecular formula is C12H13N3O2. The van der Waals surface area contributed by atoms with Crippen molar-refractivity contribution in [2.24, 2.45) is 0 Å². The molecule has 88 valence electrons. The number of amides is 1. The molecular weight excluding hydrogens is 218 g/mol. The number of nitrogens with one attached hydrogen (secondary N) is 1. The zero-order chi connectivity index (χ0) is 12.3. The van der Waals surface area contributed by atoms with Crippen LogP contribution >= 0.6 is 0 Å². The average Bonchev–Trinajstić information content (AvgIpc) is 2.67. The summed E-state index contributed by atoms with van der Waals surface area (Å²) >= 11 is 0. The third-order valence-corrected chi connectivity index (χ3v) is 2.50. The molecule has 5 heteroatoms. The third kappa shape index (κ3) is 2.50. The lowest BCUT2D eigenvalue weighted by Gasteiger charge is -2.03. The summed E-state index contributed by atoms with van der Waals surface area (Å²) in [4.78, 5) is 15.7. The molecule has 0 aromatic carbocycles. The van der Waals surface area contributed by atoms with Crippen LogP contribution in [0, 0.1) is 13.8 Å². The minimum Gasteiger partial charge on any atom is -0.361 e. The maximum absolute atomic E-state index is 11.7. The highest BCUT2D eigenvalue weighted by atomic mass is 16.5. The lowest BCUT2D eigenvalue weighted by molar-refractivity contribution is 0.0946. The minimum atomic E-state index is -0.203. The first-order valence-corrected chi connectivity index (χ1v) is 5.29. The lowest BCUT2D eigenvalue weighted by atomic mass is 10.2. The smallest absolute Gasteiger partial charge is 0.270 e. The van der Waals surface area contributed by atoms with Gasteiger partial charge in [0.2, 0.25) is 0 Å². The Labute approximate surface area is 98.8 Å². The van der Waals surface area contributed by atoms with Crippen LogP contribution in [0.15, 0.2) is 28.9 Å². The summed E-state index contributed by atoms with van der Waals surface area (Å²) in [5.41, 5.74) is 2.11. The Morgan fingerprint density at radius 1 is 1.41 bits per heavy atom. The number of rotatable bonds is 3. The summed E-state index contributed by atoms with van der Waals surface area (Å²) < 4.78 is 5.02. The Bertz CT molecular complexity index is 500. The van der Waals surface area contributed by atoms with E-state index in [1.54, 1.807) is 24.4 Å². The van der Waals surface area contributed by atoms with E-state index in [0.717, 1.165) is 17.0 Å². The zero-order valence-corrected chi connectivity index (χ0v) is 9.73. The predicted octanol–water partition coefficient (Wildman–Crippen LogP) is 1.62. The number of aryl methyl sites for hydroxylation is 2. The number of carbonyl (C=O) groups is 1. The molecule has 2 aromatic heterocycles. The second kappa shape index (κ2) is 4.78. The first-order chi connectivity index (χ1) is 8.18. The molecule has 0 saturated heterocycles. The first-order valence-electron chi connectivity index (χ1n) is 5.29. The molecule has 0 saturated carbocycles. The van der Waals surface area contributed by atoms with Crippen LogP contribution in [0.4, 0.5) is 0 Å². The first kappa shape index (κ1) is 11.3. The van der Waals surface area contributed by atoms with Crippen LogP contribution in [-0.4, -0.2) is 16.0 Å². The molecule has 2 heterocycles. The Morgan fingerprint density at radius 3 is 2.82 bits per heavy atom. The summed E-state index contributed by atoms with van der Waals surface area (Å²) in [7, 11) is 0. The van der Waals surface area contributed by atoms with Gasteiger partial charge in [0.25, 0.3) is 5.91 Å². The van der Waals surface area contributed by atoms with E-state index < -0.39 is 0 Å². The maximum Gasteiger partial charge on any atom is 0.270 e. The van der Waals surface area contributed by atoms with Gasteiger partial charge in [0.15, 0.2) is 0 Å². The summed E-state index contributed by atoms with van der Waals surface area (Å²) in [6.07, 6.45) is 1.59. The Balaban J connectivity index is 2.02. The van der Waals surface area contributed by atoms with Crippen molar-refractivity contribution < 1.29 is 9.32 Å². The van der Waals surface area contributed by atoms with Crippen LogP contribution in [0.1, 0.15) is 27.5 Å². The van der Waals surface area contributed by atoms with Crippen LogP contribution in [0.2, 0.25) is 0 Å². The van der Waals surface area contributed by atoms with Crippen molar-refractivity contribution in [2.75, 3.05) is 0 Å². The fourth-order valence-corrected chi connectivity index (χ4v) is 1.51. The topological polar surface area (TPSA) is 68.0 Å². The molecule has 0 aliphatic heterocycles. The molecule has 5 nitrogen and oxygen atoms in total. The van der Waals surface area contributed by atoms with E-state index in [1.165, 1.54) is 0 Å². The van der Waals surface area contributed by atoms with Gasteiger partial charge in [-0.15, -0.1) is 0 Å². The van der Waals surface area contributed by atoms with Crippen molar-refractivity contribution in [1.82, 2.24) is 15.5 Å². The van der Waals surface area contributed by atoms with Crippen molar-refractivity contribution >= 4 is 5.91 Å². The molecule has 2 rings (SSSR count). The number of nitrogens with zero attached hydrogens (tertiary/aromatic N) is 2. The molecule has 2 aromatic rings. The minimum absolute atomic E-state index is 0.203. The van der Waals surface area contributed by atoms with Gasteiger partial charge in [0.05, 0.1) is 5.69 Å². The highest BCUT2D eigenvalue weighted by Crippen LogP contribution is 2.11. The lowest BCUT2D eigenvalue weighted by Crippen LogP contribution is -2.24. The molecule has 1 amide bonds. The second-order valence-corrected chi connectivity index (χ2v) is 3.70. The van der Waals surface area contributed by atoms with Gasteiger partial charge < -0.3 is 9.84 Å². The van der Waals surface area contributed by atoms with Crippen molar-refractivity contribution in [3.63, 3.8) is 0 Å². The van der Waals surface area contributed by atoms with Gasteiger partial charge >= 0.3 is 0 Å². The Morgan fingerprint density at radius 2 is 2.24 bits per heavy atom. The number of pyridine rings is 1. The molecule has 17 heavy (non-hydrogen) atoms. The van der Waals surface area contributed by atoms with E-state index >= 15 is 0 Å². The van der Waals surface area contributed by atoms with Crippen LogP contribution in [0.25, 0.3) is 0 Å². The summed E-state index contributed by atoms with van der Waals surface area (Å²) in [6, 6.07) is 5.21. The van der Waals surface area contributed by atoms with Gasteiger partial charge in [-0.05, 0) is 26.0 Å². The highest BCUT2D eigenvalue weighted by Gasteiger charge is 2.11. The average molecular weight is 231 g/mol. The van der Waals surface area contributed by atoms with Crippen LogP contribution in [0.3, 0.4) is 0 Å². The Kier molecular flexibility index (Phi) is 3.18. The third-order valence-electron chi connectivity index (χ3n) is 2.50. The number of hydrogen-bond acceptors (Lipinski definition) is 4. The Hall–Kier alpha value is -2.17. The quantitative estimate of drug-likeness (QED) is 0.871. The van der Waals surface area contributed by atoms with E-state index in [0.29, 0.717) is 12.2 Å². The van der Waals surface area contributed by atoms with Crippen molar-refractivity contribution in [3.8, 4) is 0 Å². The van der Waals surface area contributed by atoms with Crippen molar-refractivity contribution in [1.29, 1.82) is 0 Å². The summed E-state index contributed by atoms with van der Waals surface area (Å²) in [5, 5.41) is 6.61. The van der Waals surface area contributed by atoms with E-state index in [4.69, 9.17) is 4.52 Å². The molecule has 0 aliphatic carbocycles. The van der Waals surface area contributed by atoms with E-state index in [1.807, 2.05) is 13.8 Å². The van der Waals surface area contributed by atoms with Gasteiger partial charge in [-0.3, -0.25) is 9.78 Å².